The molecule has 0 saturated carbocycles. The average Bonchev–Trinajstić information content (AvgIpc) is 2.85. The molecule has 38 heavy (non-hydrogen) atoms. The summed E-state index contributed by atoms with van der Waals surface area (Å²) in [5, 5.41) is 9.31. The smallest absolute Gasteiger partial charge is 0.408 e. The highest BCUT2D eigenvalue weighted by Gasteiger charge is 2.32. The van der Waals surface area contributed by atoms with Crippen LogP contribution >= 0.6 is 0 Å². The fourth-order valence-electron chi connectivity index (χ4n) is 3.86. The number of hydrogen-bond donors (Lipinski definition) is 3. The van der Waals surface area contributed by atoms with Gasteiger partial charge in [0.05, 0.1) is 7.11 Å². The SMILES string of the molecule is CON(C)C(=O)C(CC(C)C)NC(=O)C(CC(C)C)NC(=O)C(CC(C)C)NC(=O)OCc1ccccc1. The van der Waals surface area contributed by atoms with Gasteiger partial charge >= 0.3 is 6.09 Å². The lowest BCUT2D eigenvalue weighted by molar-refractivity contribution is -0.172. The van der Waals surface area contributed by atoms with Crippen molar-refractivity contribution in [2.75, 3.05) is 14.2 Å². The highest BCUT2D eigenvalue weighted by atomic mass is 16.7. The van der Waals surface area contributed by atoms with Crippen LogP contribution in [0, 0.1) is 17.8 Å². The van der Waals surface area contributed by atoms with Gasteiger partial charge in [0.2, 0.25) is 11.8 Å². The number of alkyl carbamates (subject to hydrolysis) is 1. The molecule has 4 amide bonds. The zero-order chi connectivity index (χ0) is 28.8. The molecular weight excluding hydrogens is 488 g/mol. The van der Waals surface area contributed by atoms with E-state index in [9.17, 15) is 19.2 Å². The third-order valence-corrected chi connectivity index (χ3v) is 5.77. The van der Waals surface area contributed by atoms with Crippen LogP contribution in [0.5, 0.6) is 0 Å². The summed E-state index contributed by atoms with van der Waals surface area (Å²) >= 11 is 0. The van der Waals surface area contributed by atoms with Crippen molar-refractivity contribution in [3.8, 4) is 0 Å². The van der Waals surface area contributed by atoms with E-state index in [4.69, 9.17) is 9.57 Å². The molecule has 0 aliphatic heterocycles. The minimum atomic E-state index is -0.895. The van der Waals surface area contributed by atoms with Crippen LogP contribution in [-0.4, -0.2) is 61.2 Å². The number of ether oxygens (including phenoxy) is 1. The van der Waals surface area contributed by atoms with Crippen molar-refractivity contribution < 1.29 is 28.8 Å². The quantitative estimate of drug-likeness (QED) is 0.296. The number of amides is 4. The van der Waals surface area contributed by atoms with Crippen LogP contribution in [0.1, 0.15) is 66.4 Å². The molecular formula is C28H46N4O6. The predicted octanol–water partition coefficient (Wildman–Crippen LogP) is 3.41. The normalized spacial score (nSPS) is 13.6. The van der Waals surface area contributed by atoms with E-state index in [-0.39, 0.29) is 30.3 Å². The van der Waals surface area contributed by atoms with Gasteiger partial charge in [0.25, 0.3) is 5.91 Å². The summed E-state index contributed by atoms with van der Waals surface area (Å²) in [5.41, 5.74) is 0.825. The molecule has 0 aliphatic carbocycles. The Labute approximate surface area is 227 Å². The van der Waals surface area contributed by atoms with Gasteiger partial charge in [-0.3, -0.25) is 19.2 Å². The zero-order valence-corrected chi connectivity index (χ0v) is 24.1. The second-order valence-corrected chi connectivity index (χ2v) is 10.8. The Morgan fingerprint density at radius 1 is 0.737 bits per heavy atom. The van der Waals surface area contributed by atoms with Crippen molar-refractivity contribution in [3.63, 3.8) is 0 Å². The van der Waals surface area contributed by atoms with Gasteiger partial charge < -0.3 is 20.7 Å². The topological polar surface area (TPSA) is 126 Å². The number of nitrogens with one attached hydrogen (secondary N) is 3. The molecule has 0 fully saturated rings. The van der Waals surface area contributed by atoms with Crippen molar-refractivity contribution in [2.45, 2.75) is 85.5 Å². The lowest BCUT2D eigenvalue weighted by atomic mass is 9.99. The number of likely N-dealkylation sites (N-methyl/N-ethyl adjacent to an activating group) is 1. The van der Waals surface area contributed by atoms with Crippen LogP contribution in [0.25, 0.3) is 0 Å². The summed E-state index contributed by atoms with van der Waals surface area (Å²) in [7, 11) is 2.86. The molecule has 0 aromatic heterocycles. The van der Waals surface area contributed by atoms with E-state index >= 15 is 0 Å². The standard InChI is InChI=1S/C28H46N4O6/c1-18(2)14-22(25(33)30-24(16-20(5)6)27(35)32(7)37-8)29-26(34)23(15-19(3)4)31-28(36)38-17-21-12-10-9-11-13-21/h9-13,18-20,22-24H,14-17H2,1-8H3,(H,29,34)(H,30,33)(H,31,36). The molecule has 0 bridgehead atoms. The minimum Gasteiger partial charge on any atom is -0.445 e. The summed E-state index contributed by atoms with van der Waals surface area (Å²) in [6.07, 6.45) is 0.401. The van der Waals surface area contributed by atoms with E-state index in [1.807, 2.05) is 71.9 Å². The molecule has 3 atom stereocenters. The Hall–Kier alpha value is -3.14. The van der Waals surface area contributed by atoms with Crippen LogP contribution in [0.2, 0.25) is 0 Å². The van der Waals surface area contributed by atoms with Crippen molar-refractivity contribution in [1.29, 1.82) is 0 Å². The number of hydroxylamine groups is 2. The Kier molecular flexibility index (Phi) is 14.4. The van der Waals surface area contributed by atoms with Gasteiger partial charge in [-0.25, -0.2) is 9.86 Å². The van der Waals surface area contributed by atoms with E-state index in [1.165, 1.54) is 14.2 Å². The van der Waals surface area contributed by atoms with Gasteiger partial charge in [-0.05, 0) is 42.6 Å². The van der Waals surface area contributed by atoms with Gasteiger partial charge in [-0.2, -0.15) is 0 Å². The summed E-state index contributed by atoms with van der Waals surface area (Å²) < 4.78 is 5.29. The molecule has 0 aliphatic rings. The maximum Gasteiger partial charge on any atom is 0.408 e. The Morgan fingerprint density at radius 2 is 1.18 bits per heavy atom. The largest absolute Gasteiger partial charge is 0.445 e. The molecule has 3 N–H and O–H groups in total. The van der Waals surface area contributed by atoms with Gasteiger partial charge in [-0.1, -0.05) is 71.9 Å². The first-order valence-corrected chi connectivity index (χ1v) is 13.2. The summed E-state index contributed by atoms with van der Waals surface area (Å²) in [5.74, 6) is -1.03. The lowest BCUT2D eigenvalue weighted by Gasteiger charge is -2.28. The second kappa shape index (κ2) is 16.7. The van der Waals surface area contributed by atoms with Crippen molar-refractivity contribution in [2.24, 2.45) is 17.8 Å². The zero-order valence-electron chi connectivity index (χ0n) is 24.1. The van der Waals surface area contributed by atoms with Crippen LogP contribution in [0.4, 0.5) is 4.79 Å². The van der Waals surface area contributed by atoms with Gasteiger partial charge in [0.1, 0.15) is 24.7 Å². The molecule has 3 unspecified atom stereocenters. The highest BCUT2D eigenvalue weighted by Crippen LogP contribution is 2.12. The first kappa shape index (κ1) is 32.9. The Morgan fingerprint density at radius 3 is 1.66 bits per heavy atom. The molecule has 10 heteroatoms. The van der Waals surface area contributed by atoms with Crippen molar-refractivity contribution in [1.82, 2.24) is 21.0 Å². The maximum absolute atomic E-state index is 13.3. The van der Waals surface area contributed by atoms with E-state index < -0.39 is 36.0 Å². The minimum absolute atomic E-state index is 0.0717. The first-order chi connectivity index (χ1) is 17.8. The Balaban J connectivity index is 2.97. The molecule has 1 aromatic rings. The van der Waals surface area contributed by atoms with Gasteiger partial charge in [-0.15, -0.1) is 0 Å². The molecule has 0 spiro atoms. The number of nitrogens with zero attached hydrogens (tertiary/aromatic N) is 1. The summed E-state index contributed by atoms with van der Waals surface area (Å²) in [4.78, 5) is 56.8. The molecule has 1 aromatic carbocycles. The number of benzene rings is 1. The van der Waals surface area contributed by atoms with Gasteiger partial charge in [0, 0.05) is 7.05 Å². The number of hydrogen-bond acceptors (Lipinski definition) is 6. The Bertz CT molecular complexity index is 891. The summed E-state index contributed by atoms with van der Waals surface area (Å²) in [6, 6.07) is 6.63. The van der Waals surface area contributed by atoms with E-state index in [0.29, 0.717) is 19.3 Å². The molecule has 214 valence electrons. The average molecular weight is 535 g/mol. The first-order valence-electron chi connectivity index (χ1n) is 13.2. The van der Waals surface area contributed by atoms with Crippen molar-refractivity contribution in [3.05, 3.63) is 35.9 Å². The lowest BCUT2D eigenvalue weighted by Crippen LogP contribution is -2.57. The number of rotatable bonds is 15. The molecule has 1 rings (SSSR count). The number of carbonyl (C=O) groups excluding carboxylic acids is 4. The third kappa shape index (κ3) is 12.4. The predicted molar refractivity (Wildman–Crippen MR) is 146 cm³/mol. The monoisotopic (exact) mass is 534 g/mol. The van der Waals surface area contributed by atoms with E-state index in [1.54, 1.807) is 0 Å². The molecule has 0 saturated heterocycles. The number of carbonyl (C=O) groups is 4. The molecule has 10 nitrogen and oxygen atoms in total. The van der Waals surface area contributed by atoms with Crippen LogP contribution < -0.4 is 16.0 Å². The van der Waals surface area contributed by atoms with E-state index in [2.05, 4.69) is 16.0 Å². The van der Waals surface area contributed by atoms with Crippen LogP contribution in [-0.2, 0) is 30.6 Å². The highest BCUT2D eigenvalue weighted by molar-refractivity contribution is 5.93. The molecule has 0 heterocycles. The third-order valence-electron chi connectivity index (χ3n) is 5.77. The summed E-state index contributed by atoms with van der Waals surface area (Å²) in [6.45, 7) is 11.7. The van der Waals surface area contributed by atoms with Gasteiger partial charge in [0.15, 0.2) is 0 Å². The second-order valence-electron chi connectivity index (χ2n) is 10.8. The van der Waals surface area contributed by atoms with Crippen LogP contribution in [0.3, 0.4) is 0 Å². The maximum atomic E-state index is 13.3. The fourth-order valence-corrected chi connectivity index (χ4v) is 3.86. The van der Waals surface area contributed by atoms with Crippen LogP contribution in [0.15, 0.2) is 30.3 Å². The van der Waals surface area contributed by atoms with Crippen molar-refractivity contribution >= 4 is 23.8 Å². The van der Waals surface area contributed by atoms with E-state index in [0.717, 1.165) is 10.6 Å². The molecule has 0 radical (unpaired) electrons. The fraction of sp³-hybridized carbons (Fsp3) is 0.643.